The van der Waals surface area contributed by atoms with E-state index in [2.05, 4.69) is 22.1 Å². The summed E-state index contributed by atoms with van der Waals surface area (Å²) in [6, 6.07) is 2.02. The Hall–Kier alpha value is -1.35. The molecule has 0 saturated carbocycles. The number of aliphatic hydroxyl groups is 1. The number of thiophene rings is 1. The average Bonchev–Trinajstić information content (AvgIpc) is 2.69. The second-order valence-electron chi connectivity index (χ2n) is 4.18. The molecule has 1 saturated heterocycles. The molecule has 0 atom stereocenters. The Morgan fingerprint density at radius 1 is 1.56 bits per heavy atom. The van der Waals surface area contributed by atoms with E-state index in [1.807, 2.05) is 11.4 Å². The lowest BCUT2D eigenvalue weighted by atomic mass is 10.3. The maximum atomic E-state index is 11.4. The van der Waals surface area contributed by atoms with Gasteiger partial charge in [-0.1, -0.05) is 11.8 Å². The first-order valence-corrected chi connectivity index (χ1v) is 6.82. The van der Waals surface area contributed by atoms with Gasteiger partial charge in [0.1, 0.15) is 6.61 Å². The van der Waals surface area contributed by atoms with Crippen molar-refractivity contribution in [2.75, 3.05) is 26.2 Å². The van der Waals surface area contributed by atoms with E-state index in [4.69, 9.17) is 5.11 Å². The highest BCUT2D eigenvalue weighted by atomic mass is 32.1. The van der Waals surface area contributed by atoms with Crippen LogP contribution in [0.2, 0.25) is 0 Å². The molecule has 0 aromatic carbocycles. The molecule has 2 rings (SSSR count). The Bertz CT molecular complexity index is 473. The molecule has 0 unspecified atom stereocenters. The number of nitrogens with one attached hydrogen (secondary N) is 1. The van der Waals surface area contributed by atoms with Crippen LogP contribution < -0.4 is 5.32 Å². The van der Waals surface area contributed by atoms with Crippen molar-refractivity contribution >= 4 is 17.2 Å². The molecule has 0 bridgehead atoms. The van der Waals surface area contributed by atoms with Gasteiger partial charge in [0.25, 0.3) is 0 Å². The van der Waals surface area contributed by atoms with E-state index in [9.17, 15) is 4.79 Å². The van der Waals surface area contributed by atoms with Gasteiger partial charge in [-0.2, -0.15) is 0 Å². The lowest BCUT2D eigenvalue weighted by Gasteiger charge is -2.16. The van der Waals surface area contributed by atoms with Crippen molar-refractivity contribution in [2.24, 2.45) is 0 Å². The van der Waals surface area contributed by atoms with Gasteiger partial charge in [-0.3, -0.25) is 9.69 Å². The SMILES string of the molecule is O=C1CN(Cc2cc(C#CCO)cs2)CCCN1. The minimum atomic E-state index is -0.114. The van der Waals surface area contributed by atoms with Crippen molar-refractivity contribution in [2.45, 2.75) is 13.0 Å². The van der Waals surface area contributed by atoms with Gasteiger partial charge < -0.3 is 10.4 Å². The second kappa shape index (κ2) is 6.55. The van der Waals surface area contributed by atoms with Crippen LogP contribution in [0.3, 0.4) is 0 Å². The standard InChI is InChI=1S/C13H16N2O2S/c16-6-1-3-11-7-12(18-10-11)8-15-5-2-4-14-13(17)9-15/h7,10,16H,2,4-6,8-9H2,(H,14,17). The highest BCUT2D eigenvalue weighted by molar-refractivity contribution is 7.10. The number of amides is 1. The van der Waals surface area contributed by atoms with Crippen LogP contribution in [0.4, 0.5) is 0 Å². The van der Waals surface area contributed by atoms with Crippen molar-refractivity contribution in [3.05, 3.63) is 21.9 Å². The molecule has 1 aliphatic heterocycles. The van der Waals surface area contributed by atoms with Gasteiger partial charge in [0.05, 0.1) is 6.54 Å². The number of carbonyl (C=O) groups is 1. The van der Waals surface area contributed by atoms with E-state index < -0.39 is 0 Å². The molecule has 0 radical (unpaired) electrons. The molecular formula is C13H16N2O2S. The van der Waals surface area contributed by atoms with Gasteiger partial charge in [-0.25, -0.2) is 0 Å². The molecule has 1 aromatic heterocycles. The third kappa shape index (κ3) is 3.84. The number of aliphatic hydroxyl groups excluding tert-OH is 1. The largest absolute Gasteiger partial charge is 0.384 e. The predicted octanol–water partition coefficient (Wildman–Crippen LogP) is 0.414. The Labute approximate surface area is 111 Å². The zero-order valence-electron chi connectivity index (χ0n) is 10.1. The first-order valence-electron chi connectivity index (χ1n) is 5.94. The lowest BCUT2D eigenvalue weighted by Crippen LogP contribution is -2.32. The summed E-state index contributed by atoms with van der Waals surface area (Å²) in [4.78, 5) is 14.8. The van der Waals surface area contributed by atoms with Crippen LogP contribution in [0, 0.1) is 11.8 Å². The molecule has 2 heterocycles. The van der Waals surface area contributed by atoms with Gasteiger partial charge >= 0.3 is 0 Å². The first-order chi connectivity index (χ1) is 8.78. The monoisotopic (exact) mass is 264 g/mol. The quantitative estimate of drug-likeness (QED) is 0.761. The fourth-order valence-electron chi connectivity index (χ4n) is 1.89. The third-order valence-corrected chi connectivity index (χ3v) is 3.61. The normalized spacial score (nSPS) is 16.6. The maximum absolute atomic E-state index is 11.4. The Morgan fingerprint density at radius 2 is 2.44 bits per heavy atom. The molecule has 5 heteroatoms. The summed E-state index contributed by atoms with van der Waals surface area (Å²) >= 11 is 1.64. The van der Waals surface area contributed by atoms with E-state index in [1.165, 1.54) is 4.88 Å². The number of nitrogens with zero attached hydrogens (tertiary/aromatic N) is 1. The third-order valence-electron chi connectivity index (χ3n) is 2.69. The molecule has 18 heavy (non-hydrogen) atoms. The minimum absolute atomic E-state index is 0.101. The van der Waals surface area contributed by atoms with Crippen molar-refractivity contribution in [3.63, 3.8) is 0 Å². The molecule has 2 N–H and O–H groups in total. The fourth-order valence-corrected chi connectivity index (χ4v) is 2.75. The van der Waals surface area contributed by atoms with Crippen molar-refractivity contribution in [3.8, 4) is 11.8 Å². The Balaban J connectivity index is 1.95. The van der Waals surface area contributed by atoms with Gasteiger partial charge in [-0.15, -0.1) is 11.3 Å². The molecule has 1 amide bonds. The Morgan fingerprint density at radius 3 is 3.28 bits per heavy atom. The average molecular weight is 264 g/mol. The molecule has 1 aromatic rings. The van der Waals surface area contributed by atoms with Crippen LogP contribution >= 0.6 is 11.3 Å². The van der Waals surface area contributed by atoms with Crippen LogP contribution in [0.5, 0.6) is 0 Å². The number of hydrogen-bond acceptors (Lipinski definition) is 4. The summed E-state index contributed by atoms with van der Waals surface area (Å²) in [5.41, 5.74) is 0.934. The highest BCUT2D eigenvalue weighted by Gasteiger charge is 2.15. The zero-order chi connectivity index (χ0) is 12.8. The molecule has 0 aliphatic carbocycles. The molecule has 96 valence electrons. The molecule has 1 fully saturated rings. The van der Waals surface area contributed by atoms with Gasteiger partial charge in [0.2, 0.25) is 5.91 Å². The van der Waals surface area contributed by atoms with E-state index in [0.717, 1.165) is 31.6 Å². The number of hydrogen-bond donors (Lipinski definition) is 2. The Kier molecular flexibility index (Phi) is 4.76. The van der Waals surface area contributed by atoms with Crippen molar-refractivity contribution in [1.29, 1.82) is 0 Å². The predicted molar refractivity (Wildman–Crippen MR) is 71.2 cm³/mol. The van der Waals surface area contributed by atoms with Crippen LogP contribution in [0.25, 0.3) is 0 Å². The van der Waals surface area contributed by atoms with E-state index in [0.29, 0.717) is 6.54 Å². The van der Waals surface area contributed by atoms with Gasteiger partial charge in [-0.05, 0) is 12.5 Å². The first kappa shape index (κ1) is 13.1. The van der Waals surface area contributed by atoms with E-state index >= 15 is 0 Å². The van der Waals surface area contributed by atoms with Crippen LogP contribution in [0.1, 0.15) is 16.9 Å². The number of carbonyl (C=O) groups excluding carboxylic acids is 1. The van der Waals surface area contributed by atoms with Crippen molar-refractivity contribution in [1.82, 2.24) is 10.2 Å². The number of rotatable bonds is 2. The molecule has 0 spiro atoms. The van der Waals surface area contributed by atoms with Crippen molar-refractivity contribution < 1.29 is 9.90 Å². The summed E-state index contributed by atoms with van der Waals surface area (Å²) in [7, 11) is 0. The topological polar surface area (TPSA) is 52.6 Å². The summed E-state index contributed by atoms with van der Waals surface area (Å²) in [5.74, 6) is 5.62. The fraction of sp³-hybridized carbons (Fsp3) is 0.462. The summed E-state index contributed by atoms with van der Waals surface area (Å²) in [6.07, 6.45) is 0.994. The maximum Gasteiger partial charge on any atom is 0.234 e. The smallest absolute Gasteiger partial charge is 0.234 e. The van der Waals surface area contributed by atoms with Crippen LogP contribution in [-0.4, -0.2) is 42.2 Å². The summed E-state index contributed by atoms with van der Waals surface area (Å²) in [5, 5.41) is 13.5. The minimum Gasteiger partial charge on any atom is -0.384 e. The van der Waals surface area contributed by atoms with Crippen LogP contribution in [-0.2, 0) is 11.3 Å². The highest BCUT2D eigenvalue weighted by Crippen LogP contribution is 2.16. The zero-order valence-corrected chi connectivity index (χ0v) is 10.9. The van der Waals surface area contributed by atoms with Gasteiger partial charge in [0.15, 0.2) is 0 Å². The molecule has 4 nitrogen and oxygen atoms in total. The molecular weight excluding hydrogens is 248 g/mol. The van der Waals surface area contributed by atoms with E-state index in [1.54, 1.807) is 11.3 Å². The summed E-state index contributed by atoms with van der Waals surface area (Å²) < 4.78 is 0. The molecule has 1 aliphatic rings. The van der Waals surface area contributed by atoms with Crippen LogP contribution in [0.15, 0.2) is 11.4 Å². The lowest BCUT2D eigenvalue weighted by molar-refractivity contribution is -0.121. The van der Waals surface area contributed by atoms with Gasteiger partial charge in [0, 0.05) is 35.5 Å². The summed E-state index contributed by atoms with van der Waals surface area (Å²) in [6.45, 7) is 2.85. The van der Waals surface area contributed by atoms with E-state index in [-0.39, 0.29) is 12.5 Å². The second-order valence-corrected chi connectivity index (χ2v) is 5.17.